The van der Waals surface area contributed by atoms with E-state index in [9.17, 15) is 4.79 Å². The van der Waals surface area contributed by atoms with Crippen LogP contribution in [-0.4, -0.2) is 22.5 Å². The summed E-state index contributed by atoms with van der Waals surface area (Å²) < 4.78 is 5.69. The third kappa shape index (κ3) is 4.49. The normalized spacial score (nSPS) is 12.9. The predicted octanol–water partition coefficient (Wildman–Crippen LogP) is 1.92. The van der Waals surface area contributed by atoms with Gasteiger partial charge >= 0.3 is 0 Å². The zero-order valence-corrected chi connectivity index (χ0v) is 13.0. The van der Waals surface area contributed by atoms with Crippen molar-refractivity contribution in [1.82, 2.24) is 10.3 Å². The first-order valence-corrected chi connectivity index (χ1v) is 6.94. The fourth-order valence-electron chi connectivity index (χ4n) is 1.62. The molecule has 3 N–H and O–H groups in total. The van der Waals surface area contributed by atoms with Gasteiger partial charge in [-0.1, -0.05) is 6.92 Å². The van der Waals surface area contributed by atoms with Crippen molar-refractivity contribution in [2.24, 2.45) is 5.73 Å². The molecule has 1 unspecified atom stereocenters. The first-order valence-electron chi connectivity index (χ1n) is 6.94. The van der Waals surface area contributed by atoms with E-state index in [0.717, 1.165) is 12.1 Å². The highest BCUT2D eigenvalue weighted by Gasteiger charge is 2.23. The van der Waals surface area contributed by atoms with E-state index in [2.05, 4.69) is 10.3 Å². The van der Waals surface area contributed by atoms with Crippen LogP contribution in [0.4, 0.5) is 0 Å². The number of nitrogens with zero attached hydrogens (tertiary/aromatic N) is 1. The highest BCUT2D eigenvalue weighted by Crippen LogP contribution is 2.18. The summed E-state index contributed by atoms with van der Waals surface area (Å²) >= 11 is 0. The Morgan fingerprint density at radius 3 is 2.70 bits per heavy atom. The maximum Gasteiger partial charge on any atom is 0.261 e. The molecule has 1 aromatic heterocycles. The molecule has 0 aliphatic heterocycles. The Kier molecular flexibility index (Phi) is 5.51. The minimum Gasteiger partial charge on any atom is -0.479 e. The van der Waals surface area contributed by atoms with Gasteiger partial charge in [-0.2, -0.15) is 0 Å². The maximum atomic E-state index is 12.1. The summed E-state index contributed by atoms with van der Waals surface area (Å²) in [5.74, 6) is 0.426. The van der Waals surface area contributed by atoms with E-state index >= 15 is 0 Å². The van der Waals surface area contributed by atoms with E-state index in [1.165, 1.54) is 0 Å². The molecule has 5 heteroatoms. The molecule has 0 saturated carbocycles. The Morgan fingerprint density at radius 2 is 2.15 bits per heavy atom. The van der Waals surface area contributed by atoms with Gasteiger partial charge in [0.25, 0.3) is 5.91 Å². The number of carbonyl (C=O) groups is 1. The molecule has 0 aromatic carbocycles. The Labute approximate surface area is 120 Å². The number of hydrogen-bond acceptors (Lipinski definition) is 4. The lowest BCUT2D eigenvalue weighted by Crippen LogP contribution is -2.48. The number of aryl methyl sites for hydroxylation is 1. The molecule has 112 valence electrons. The van der Waals surface area contributed by atoms with Gasteiger partial charge in [0, 0.05) is 17.8 Å². The van der Waals surface area contributed by atoms with E-state index in [1.54, 1.807) is 13.0 Å². The SMILES string of the molecule is CCC(C)(C)NC(=O)C(C)Oc1ccc(C)nc1CN. The average molecular weight is 279 g/mol. The van der Waals surface area contributed by atoms with E-state index < -0.39 is 6.10 Å². The van der Waals surface area contributed by atoms with Crippen LogP contribution in [0.15, 0.2) is 12.1 Å². The molecule has 0 saturated heterocycles. The molecular formula is C15H25N3O2. The molecule has 0 aliphatic rings. The fourth-order valence-corrected chi connectivity index (χ4v) is 1.62. The van der Waals surface area contributed by atoms with Crippen LogP contribution in [0.25, 0.3) is 0 Å². The zero-order valence-electron chi connectivity index (χ0n) is 13.0. The molecule has 1 rings (SSSR count). The molecule has 1 aromatic rings. The molecule has 0 radical (unpaired) electrons. The molecular weight excluding hydrogens is 254 g/mol. The maximum absolute atomic E-state index is 12.1. The molecule has 0 bridgehead atoms. The summed E-state index contributed by atoms with van der Waals surface area (Å²) in [7, 11) is 0. The van der Waals surface area contributed by atoms with Gasteiger partial charge in [0.2, 0.25) is 0 Å². The van der Waals surface area contributed by atoms with Crippen LogP contribution in [0.2, 0.25) is 0 Å². The molecule has 5 nitrogen and oxygen atoms in total. The van der Waals surface area contributed by atoms with Crippen LogP contribution in [0, 0.1) is 6.92 Å². The highest BCUT2D eigenvalue weighted by atomic mass is 16.5. The summed E-state index contributed by atoms with van der Waals surface area (Å²) in [5, 5.41) is 2.96. The number of ether oxygens (including phenoxy) is 1. The summed E-state index contributed by atoms with van der Waals surface area (Å²) in [4.78, 5) is 16.4. The Bertz CT molecular complexity index is 472. The number of pyridine rings is 1. The van der Waals surface area contributed by atoms with Gasteiger partial charge in [0.05, 0.1) is 5.69 Å². The molecule has 1 amide bonds. The van der Waals surface area contributed by atoms with Crippen LogP contribution >= 0.6 is 0 Å². The van der Waals surface area contributed by atoms with Crippen LogP contribution in [0.5, 0.6) is 5.75 Å². The predicted molar refractivity (Wildman–Crippen MR) is 79.5 cm³/mol. The molecule has 1 heterocycles. The molecule has 0 fully saturated rings. The fraction of sp³-hybridized carbons (Fsp3) is 0.600. The highest BCUT2D eigenvalue weighted by molar-refractivity contribution is 5.81. The van der Waals surface area contributed by atoms with Crippen molar-refractivity contribution in [3.63, 3.8) is 0 Å². The van der Waals surface area contributed by atoms with Crippen LogP contribution in [0.1, 0.15) is 45.5 Å². The topological polar surface area (TPSA) is 77.2 Å². The summed E-state index contributed by atoms with van der Waals surface area (Å²) in [5.41, 5.74) is 6.96. The van der Waals surface area contributed by atoms with E-state index in [1.807, 2.05) is 33.8 Å². The Morgan fingerprint density at radius 1 is 1.50 bits per heavy atom. The second kappa shape index (κ2) is 6.70. The quantitative estimate of drug-likeness (QED) is 0.834. The minimum atomic E-state index is -0.587. The third-order valence-corrected chi connectivity index (χ3v) is 3.28. The number of rotatable bonds is 6. The van der Waals surface area contributed by atoms with Crippen LogP contribution in [0.3, 0.4) is 0 Å². The van der Waals surface area contributed by atoms with Gasteiger partial charge in [-0.25, -0.2) is 0 Å². The number of carbonyl (C=O) groups excluding carboxylic acids is 1. The van der Waals surface area contributed by atoms with E-state index in [4.69, 9.17) is 10.5 Å². The number of hydrogen-bond donors (Lipinski definition) is 2. The number of nitrogens with two attached hydrogens (primary N) is 1. The Hall–Kier alpha value is -1.62. The van der Waals surface area contributed by atoms with Crippen molar-refractivity contribution in [2.45, 2.75) is 59.2 Å². The smallest absolute Gasteiger partial charge is 0.261 e. The van der Waals surface area contributed by atoms with Gasteiger partial charge in [0.15, 0.2) is 6.10 Å². The van der Waals surface area contributed by atoms with Crippen molar-refractivity contribution in [1.29, 1.82) is 0 Å². The van der Waals surface area contributed by atoms with Gasteiger partial charge in [0.1, 0.15) is 5.75 Å². The summed E-state index contributed by atoms with van der Waals surface area (Å²) in [6.07, 6.45) is 0.265. The minimum absolute atomic E-state index is 0.139. The van der Waals surface area contributed by atoms with Crippen LogP contribution in [-0.2, 0) is 11.3 Å². The number of nitrogens with one attached hydrogen (secondary N) is 1. The lowest BCUT2D eigenvalue weighted by Gasteiger charge is -2.26. The van der Waals surface area contributed by atoms with Crippen molar-refractivity contribution < 1.29 is 9.53 Å². The number of aromatic nitrogens is 1. The van der Waals surface area contributed by atoms with Gasteiger partial charge in [-0.15, -0.1) is 0 Å². The zero-order chi connectivity index (χ0) is 15.3. The number of amides is 1. The largest absolute Gasteiger partial charge is 0.479 e. The van der Waals surface area contributed by atoms with Gasteiger partial charge in [-0.3, -0.25) is 9.78 Å². The molecule has 1 atom stereocenters. The third-order valence-electron chi connectivity index (χ3n) is 3.28. The van der Waals surface area contributed by atoms with Crippen molar-refractivity contribution in [2.75, 3.05) is 0 Å². The first-order chi connectivity index (χ1) is 9.29. The van der Waals surface area contributed by atoms with Crippen molar-refractivity contribution in [3.05, 3.63) is 23.5 Å². The van der Waals surface area contributed by atoms with E-state index in [0.29, 0.717) is 11.4 Å². The summed E-state index contributed by atoms with van der Waals surface area (Å²) in [6, 6.07) is 3.65. The van der Waals surface area contributed by atoms with Crippen molar-refractivity contribution in [3.8, 4) is 5.75 Å². The van der Waals surface area contributed by atoms with Crippen molar-refractivity contribution >= 4 is 5.91 Å². The van der Waals surface area contributed by atoms with Gasteiger partial charge in [-0.05, 0) is 46.2 Å². The second-order valence-corrected chi connectivity index (χ2v) is 5.59. The average Bonchev–Trinajstić information content (AvgIpc) is 2.40. The lowest BCUT2D eigenvalue weighted by molar-refractivity contribution is -0.129. The monoisotopic (exact) mass is 279 g/mol. The standard InChI is InChI=1S/C15H25N3O2/c1-6-15(4,5)18-14(19)11(3)20-13-8-7-10(2)17-12(13)9-16/h7-8,11H,6,9,16H2,1-5H3,(H,18,19). The lowest BCUT2D eigenvalue weighted by atomic mass is 10.0. The molecule has 20 heavy (non-hydrogen) atoms. The molecule has 0 aliphatic carbocycles. The van der Waals surface area contributed by atoms with Gasteiger partial charge < -0.3 is 15.8 Å². The molecule has 0 spiro atoms. The Balaban J connectivity index is 2.75. The van der Waals surface area contributed by atoms with Crippen LogP contribution < -0.4 is 15.8 Å². The van der Waals surface area contributed by atoms with E-state index in [-0.39, 0.29) is 18.0 Å². The summed E-state index contributed by atoms with van der Waals surface area (Å²) in [6.45, 7) is 9.89. The first kappa shape index (κ1) is 16.4. The second-order valence-electron chi connectivity index (χ2n) is 5.59.